The fraction of sp³-hybridized carbons (Fsp3) is 0.0833. The van der Waals surface area contributed by atoms with Crippen molar-refractivity contribution in [2.75, 3.05) is 4.90 Å². The summed E-state index contributed by atoms with van der Waals surface area (Å²) in [4.78, 5) is 21.7. The van der Waals surface area contributed by atoms with E-state index in [9.17, 15) is 4.79 Å². The van der Waals surface area contributed by atoms with Gasteiger partial charge in [-0.15, -0.1) is 0 Å². The van der Waals surface area contributed by atoms with Crippen LogP contribution < -0.4 is 4.90 Å². The molecule has 28 heavy (non-hydrogen) atoms. The Labute approximate surface area is 168 Å². The first-order valence-corrected chi connectivity index (χ1v) is 10.1. The largest absolute Gasteiger partial charge is 0.308 e. The van der Waals surface area contributed by atoms with Crippen LogP contribution in [0.3, 0.4) is 0 Å². The summed E-state index contributed by atoms with van der Waals surface area (Å²) in [5, 5.41) is 0.928. The normalized spacial score (nSPS) is 17.8. The number of carbonyl (C=O) groups is 1. The Morgan fingerprint density at radius 2 is 1.54 bits per heavy atom. The number of para-hydroxylation sites is 1. The molecule has 0 amide bonds. The van der Waals surface area contributed by atoms with Gasteiger partial charge in [-0.3, -0.25) is 4.79 Å². The van der Waals surface area contributed by atoms with Crippen molar-refractivity contribution >= 4 is 28.4 Å². The molecule has 0 saturated heterocycles. The van der Waals surface area contributed by atoms with E-state index in [1.165, 1.54) is 4.90 Å². The molecule has 2 heterocycles. The van der Waals surface area contributed by atoms with Crippen molar-refractivity contribution in [1.82, 2.24) is 0 Å². The number of aliphatic imine (C=N–C) groups is 1. The first-order chi connectivity index (χ1) is 13.7. The number of fused-ring (bicyclic) bond motifs is 3. The summed E-state index contributed by atoms with van der Waals surface area (Å²) in [5.74, 6) is 0.0316. The van der Waals surface area contributed by atoms with E-state index in [1.807, 2.05) is 67.6 Å². The maximum absolute atomic E-state index is 13.5. The summed E-state index contributed by atoms with van der Waals surface area (Å²) in [6, 6.07) is 27.8. The van der Waals surface area contributed by atoms with E-state index in [4.69, 9.17) is 4.99 Å². The Hall–Kier alpha value is -3.11. The van der Waals surface area contributed by atoms with Crippen molar-refractivity contribution in [1.29, 1.82) is 0 Å². The lowest BCUT2D eigenvalue weighted by atomic mass is 9.88. The van der Waals surface area contributed by atoms with E-state index in [-0.39, 0.29) is 11.8 Å². The van der Waals surface area contributed by atoms with Gasteiger partial charge in [0.2, 0.25) is 0 Å². The zero-order valence-corrected chi connectivity index (χ0v) is 16.2. The maximum atomic E-state index is 13.5. The van der Waals surface area contributed by atoms with Gasteiger partial charge in [0.1, 0.15) is 0 Å². The van der Waals surface area contributed by atoms with Crippen LogP contribution in [0.25, 0.3) is 0 Å². The Kier molecular flexibility index (Phi) is 4.14. The van der Waals surface area contributed by atoms with Gasteiger partial charge in [-0.25, -0.2) is 4.99 Å². The molecule has 0 bridgehead atoms. The smallest absolute Gasteiger partial charge is 0.193 e. The predicted molar refractivity (Wildman–Crippen MR) is 115 cm³/mol. The van der Waals surface area contributed by atoms with Crippen molar-refractivity contribution < 1.29 is 4.79 Å². The first kappa shape index (κ1) is 17.0. The maximum Gasteiger partial charge on any atom is 0.193 e. The summed E-state index contributed by atoms with van der Waals surface area (Å²) in [6.07, 6.45) is 0. The van der Waals surface area contributed by atoms with Gasteiger partial charge in [-0.2, -0.15) is 0 Å². The minimum atomic E-state index is -0.197. The van der Waals surface area contributed by atoms with Crippen LogP contribution in [0.5, 0.6) is 0 Å². The Morgan fingerprint density at radius 1 is 0.893 bits per heavy atom. The zero-order chi connectivity index (χ0) is 19.1. The van der Waals surface area contributed by atoms with Crippen molar-refractivity contribution in [2.24, 2.45) is 4.99 Å². The third-order valence-electron chi connectivity index (χ3n) is 5.11. The van der Waals surface area contributed by atoms with E-state index in [2.05, 4.69) is 29.2 Å². The van der Waals surface area contributed by atoms with Gasteiger partial charge >= 0.3 is 0 Å². The van der Waals surface area contributed by atoms with Gasteiger partial charge < -0.3 is 4.90 Å². The van der Waals surface area contributed by atoms with E-state index in [1.54, 1.807) is 11.8 Å². The monoisotopic (exact) mass is 382 g/mol. The highest BCUT2D eigenvalue weighted by Gasteiger charge is 2.41. The molecule has 0 saturated carbocycles. The fourth-order valence-corrected chi connectivity index (χ4v) is 4.93. The minimum Gasteiger partial charge on any atom is -0.308 e. The van der Waals surface area contributed by atoms with Gasteiger partial charge in [0.05, 0.1) is 11.7 Å². The summed E-state index contributed by atoms with van der Waals surface area (Å²) in [6.45, 7) is 1.94. The molecule has 0 fully saturated rings. The molecule has 0 radical (unpaired) electrons. The molecule has 0 aromatic heterocycles. The number of Topliss-reactive ketones (excluding diaryl/α,β-unsaturated/α-hetero) is 1. The number of rotatable bonds is 3. The number of hydrogen-bond acceptors (Lipinski definition) is 4. The third-order valence-corrected chi connectivity index (χ3v) is 6.15. The van der Waals surface area contributed by atoms with Gasteiger partial charge in [0.25, 0.3) is 0 Å². The van der Waals surface area contributed by atoms with Crippen molar-refractivity contribution in [2.45, 2.75) is 17.9 Å². The number of amidine groups is 1. The summed E-state index contributed by atoms with van der Waals surface area (Å²) in [7, 11) is 0. The van der Waals surface area contributed by atoms with Crippen LogP contribution in [0.15, 0.2) is 106 Å². The number of carbonyl (C=O) groups excluding carboxylic acids is 1. The Morgan fingerprint density at radius 3 is 2.29 bits per heavy atom. The van der Waals surface area contributed by atoms with Crippen molar-refractivity contribution in [3.8, 4) is 0 Å². The number of anilines is 1. The number of thioether (sulfide) groups is 1. The first-order valence-electron chi connectivity index (χ1n) is 9.24. The molecule has 0 unspecified atom stereocenters. The quantitative estimate of drug-likeness (QED) is 0.531. The minimum absolute atomic E-state index is 0.0316. The molecule has 0 aliphatic carbocycles. The highest BCUT2D eigenvalue weighted by molar-refractivity contribution is 8.14. The van der Waals surface area contributed by atoms with Crippen molar-refractivity contribution in [3.63, 3.8) is 0 Å². The second kappa shape index (κ2) is 6.80. The third kappa shape index (κ3) is 2.69. The molecule has 3 aromatic carbocycles. The van der Waals surface area contributed by atoms with Gasteiger partial charge in [0, 0.05) is 21.7 Å². The second-order valence-electron chi connectivity index (χ2n) is 6.84. The van der Waals surface area contributed by atoms with Gasteiger partial charge in [-0.05, 0) is 36.4 Å². The molecule has 0 spiro atoms. The number of hydrogen-bond donors (Lipinski definition) is 0. The lowest BCUT2D eigenvalue weighted by molar-refractivity contribution is 0.102. The molecule has 2 aliphatic rings. The number of nitrogens with zero attached hydrogens (tertiary/aromatic N) is 2. The highest BCUT2D eigenvalue weighted by Crippen LogP contribution is 2.49. The molecule has 136 valence electrons. The molecule has 4 heteroatoms. The van der Waals surface area contributed by atoms with E-state index >= 15 is 0 Å². The summed E-state index contributed by atoms with van der Waals surface area (Å²) < 4.78 is 0. The Bertz CT molecular complexity index is 1120. The van der Waals surface area contributed by atoms with Crippen molar-refractivity contribution in [3.05, 3.63) is 107 Å². The molecule has 3 aromatic rings. The van der Waals surface area contributed by atoms with Crippen LogP contribution in [0.4, 0.5) is 5.69 Å². The van der Waals surface area contributed by atoms with Crippen LogP contribution in [0.2, 0.25) is 0 Å². The molecular formula is C24H18N2OS. The van der Waals surface area contributed by atoms with Crippen LogP contribution >= 0.6 is 11.8 Å². The molecule has 1 atom stereocenters. The Balaban J connectivity index is 1.71. The molecule has 5 rings (SSSR count). The molecule has 2 aliphatic heterocycles. The van der Waals surface area contributed by atoms with Crippen LogP contribution in [0, 0.1) is 0 Å². The number of benzene rings is 3. The van der Waals surface area contributed by atoms with E-state index in [0.29, 0.717) is 5.56 Å². The molecule has 0 N–H and O–H groups in total. The standard InChI is InChI=1S/C24H18N2OS/c1-16-21(23(27)18-12-6-3-7-13-18)22(17-10-4-2-5-11-17)26-19-14-8-9-15-20(19)28-24(26)25-16/h2-15,22H,1H3/t22-/m1/s1. The van der Waals surface area contributed by atoms with Gasteiger partial charge in [-0.1, -0.05) is 72.8 Å². The average molecular weight is 382 g/mol. The zero-order valence-electron chi connectivity index (χ0n) is 15.4. The fourth-order valence-electron chi connectivity index (χ4n) is 3.83. The van der Waals surface area contributed by atoms with Crippen LogP contribution in [-0.2, 0) is 0 Å². The number of allylic oxidation sites excluding steroid dienone is 1. The SMILES string of the molecule is CC1=C(C(=O)c2ccccc2)[C@@H](c2ccccc2)N2C(=N1)Sc1ccccc12. The molecular weight excluding hydrogens is 364 g/mol. The molecule has 3 nitrogen and oxygen atoms in total. The summed E-state index contributed by atoms with van der Waals surface area (Å²) in [5.41, 5.74) is 4.40. The van der Waals surface area contributed by atoms with Crippen LogP contribution in [-0.4, -0.2) is 11.0 Å². The van der Waals surface area contributed by atoms with Crippen LogP contribution in [0.1, 0.15) is 28.9 Å². The lowest BCUT2D eigenvalue weighted by Gasteiger charge is -2.35. The second-order valence-corrected chi connectivity index (χ2v) is 7.85. The lowest BCUT2D eigenvalue weighted by Crippen LogP contribution is -2.37. The van der Waals surface area contributed by atoms with E-state index < -0.39 is 0 Å². The highest BCUT2D eigenvalue weighted by atomic mass is 32.2. The van der Waals surface area contributed by atoms with Gasteiger partial charge in [0.15, 0.2) is 11.0 Å². The predicted octanol–water partition coefficient (Wildman–Crippen LogP) is 5.87. The average Bonchev–Trinajstić information content (AvgIpc) is 3.11. The van der Waals surface area contributed by atoms with E-state index in [0.717, 1.165) is 27.7 Å². The topological polar surface area (TPSA) is 32.7 Å². The number of ketones is 1. The summed E-state index contributed by atoms with van der Waals surface area (Å²) >= 11 is 1.66.